The number of hydrogen-bond donors (Lipinski definition) is 0. The molecule has 6 spiro atoms. The van der Waals surface area contributed by atoms with E-state index >= 15 is 0 Å². The van der Waals surface area contributed by atoms with Crippen molar-refractivity contribution in [3.05, 3.63) is 0 Å². The Hall–Kier alpha value is 0. The zero-order valence-electron chi connectivity index (χ0n) is 20.1. The molecule has 26 atom stereocenters. The van der Waals surface area contributed by atoms with E-state index in [9.17, 15) is 0 Å². The first-order chi connectivity index (χ1) is 16.0. The van der Waals surface area contributed by atoms with Crippen LogP contribution in [0.5, 0.6) is 0 Å². The number of fused-ring (bicyclic) bond motifs is 13. The highest BCUT2D eigenvalue weighted by molar-refractivity contribution is 5.73. The van der Waals surface area contributed by atoms with E-state index in [2.05, 4.69) is 20.8 Å². The van der Waals surface area contributed by atoms with E-state index in [0.717, 1.165) is 48.7 Å². The minimum Gasteiger partial charge on any atom is -0.0582 e. The fraction of sp³-hybridized carbons (Fsp3) is 1.00. The molecule has 26 unspecified atom stereocenters. The summed E-state index contributed by atoms with van der Waals surface area (Å²) in [6.45, 7) is 9.00. The Morgan fingerprint density at radius 1 is 0.364 bits per heavy atom. The monoisotopic (exact) mass is 430 g/mol. The van der Waals surface area contributed by atoms with Crippen molar-refractivity contribution >= 4 is 0 Å². The number of rotatable bonds is 0. The van der Waals surface area contributed by atoms with Crippen molar-refractivity contribution in [1.82, 2.24) is 0 Å². The molecule has 0 aromatic rings. The lowest BCUT2D eigenvalue weighted by Gasteiger charge is -3.24. The van der Waals surface area contributed by atoms with Crippen molar-refractivity contribution in [2.24, 2.45) is 149 Å². The molecule has 0 bridgehead atoms. The highest BCUT2D eigenvalue weighted by atomic mass is 15.3. The van der Waals surface area contributed by atoms with E-state index in [1.165, 1.54) is 101 Å². The lowest BCUT2D eigenvalue weighted by Crippen LogP contribution is -3.21. The summed E-state index contributed by atoms with van der Waals surface area (Å²) in [5, 5.41) is 0. The smallest absolute Gasteiger partial charge is 0.00935 e. The van der Waals surface area contributed by atoms with Gasteiger partial charge in [-0.05, 0) is 175 Å². The second kappa shape index (κ2) is 2.59. The van der Waals surface area contributed by atoms with Crippen molar-refractivity contribution in [3.8, 4) is 0 Å². The normalized spacial score (nSPS) is 111. The molecule has 166 valence electrons. The summed E-state index contributed by atoms with van der Waals surface area (Å²) < 4.78 is 0. The molecule has 17 aliphatic carbocycles. The molecule has 17 aliphatic rings. The largest absolute Gasteiger partial charge is 0.0582 e. The van der Waals surface area contributed by atoms with Gasteiger partial charge in [0.15, 0.2) is 0 Å². The van der Waals surface area contributed by atoms with Gasteiger partial charge in [-0.2, -0.15) is 0 Å². The SMILES string of the molecule is CC12C3C4CC5CC(C6C7C8C9C%10CC%11CC%12C%13C%14C%15C%16C%17C3C1(C)C%176C%16(C)C%157C%148C%139C%11%12%10)C542. The maximum absolute atomic E-state index is 3.06. The molecule has 0 nitrogen and oxygen atoms in total. The average molecular weight is 431 g/mol. The van der Waals surface area contributed by atoms with Crippen molar-refractivity contribution in [3.63, 3.8) is 0 Å². The molecule has 0 saturated heterocycles. The molecular formula is C33H34. The summed E-state index contributed by atoms with van der Waals surface area (Å²) in [4.78, 5) is 0. The predicted molar refractivity (Wildman–Crippen MR) is 117 cm³/mol. The Labute approximate surface area is 195 Å². The average Bonchev–Trinajstić information content (AvgIpc) is 2.82. The molecule has 0 heteroatoms. The van der Waals surface area contributed by atoms with E-state index in [4.69, 9.17) is 0 Å². The molecule has 0 amide bonds. The van der Waals surface area contributed by atoms with E-state index in [0.29, 0.717) is 0 Å². The molecule has 0 radical (unpaired) electrons. The van der Waals surface area contributed by atoms with Crippen LogP contribution in [0.15, 0.2) is 0 Å². The topological polar surface area (TPSA) is 0 Å². The Bertz CT molecular complexity index is 1480. The van der Waals surface area contributed by atoms with Gasteiger partial charge in [0, 0.05) is 0 Å². The van der Waals surface area contributed by atoms with Crippen LogP contribution >= 0.6 is 0 Å². The minimum absolute atomic E-state index is 0.813. The summed E-state index contributed by atoms with van der Waals surface area (Å²) in [5.41, 5.74) is 8.37. The third-order valence-corrected chi connectivity index (χ3v) is 24.0. The van der Waals surface area contributed by atoms with Gasteiger partial charge in [-0.1, -0.05) is 20.8 Å². The van der Waals surface area contributed by atoms with Crippen LogP contribution in [0.3, 0.4) is 0 Å². The van der Waals surface area contributed by atoms with E-state index in [-0.39, 0.29) is 0 Å². The van der Waals surface area contributed by atoms with Gasteiger partial charge in [-0.25, -0.2) is 0 Å². The quantitative estimate of drug-likeness (QED) is 0.496. The molecule has 33 heavy (non-hydrogen) atoms. The third-order valence-electron chi connectivity index (χ3n) is 24.0. The first kappa shape index (κ1) is 14.1. The zero-order chi connectivity index (χ0) is 20.1. The van der Waals surface area contributed by atoms with Crippen LogP contribution in [0.25, 0.3) is 0 Å². The number of hydrogen-bond acceptors (Lipinski definition) is 0. The molecule has 0 N–H and O–H groups in total. The molecular weight excluding hydrogens is 396 g/mol. The van der Waals surface area contributed by atoms with Gasteiger partial charge in [-0.15, -0.1) is 0 Å². The van der Waals surface area contributed by atoms with Crippen LogP contribution < -0.4 is 0 Å². The zero-order valence-corrected chi connectivity index (χ0v) is 20.1. The van der Waals surface area contributed by atoms with Crippen LogP contribution in [0.1, 0.15) is 46.5 Å². The van der Waals surface area contributed by atoms with Gasteiger partial charge >= 0.3 is 0 Å². The maximum Gasteiger partial charge on any atom is -0.00935 e. The van der Waals surface area contributed by atoms with Crippen molar-refractivity contribution in [2.45, 2.75) is 46.5 Å². The predicted octanol–water partition coefficient (Wildman–Crippen LogP) is 5.19. The van der Waals surface area contributed by atoms with Crippen molar-refractivity contribution < 1.29 is 0 Å². The standard InChI is InChI=1S/C33H34/c1-25-14-10-4-8-5-11(28(8,10)25)15-20-21-16-12-6-9-7-13-17-22-24-19-23-18(14)26(25,2)30(15,23)27(19,3)31(20,24)33(21,22)32(16,17)29(9,12)13/h8-24H,4-7H2,1-3H3. The van der Waals surface area contributed by atoms with E-state index in [1.54, 1.807) is 25.7 Å². The molecule has 0 aliphatic heterocycles. The Kier molecular flexibility index (Phi) is 1.10. The highest BCUT2D eigenvalue weighted by Gasteiger charge is 3.28. The van der Waals surface area contributed by atoms with Gasteiger partial charge in [0.05, 0.1) is 0 Å². The molecule has 0 aromatic heterocycles. The minimum atomic E-state index is 0.813. The molecule has 17 fully saturated rings. The third kappa shape index (κ3) is 0.492. The summed E-state index contributed by atoms with van der Waals surface area (Å²) in [6.07, 6.45) is 6.89. The summed E-state index contributed by atoms with van der Waals surface area (Å²) in [6, 6.07) is 0. The van der Waals surface area contributed by atoms with Gasteiger partial charge < -0.3 is 0 Å². The van der Waals surface area contributed by atoms with Crippen LogP contribution in [0.2, 0.25) is 0 Å². The second-order valence-electron chi connectivity index (χ2n) is 19.5. The van der Waals surface area contributed by atoms with Crippen LogP contribution in [-0.4, -0.2) is 0 Å². The Morgan fingerprint density at radius 3 is 1.52 bits per heavy atom. The lowest BCUT2D eigenvalue weighted by molar-refractivity contribution is -0.783. The van der Waals surface area contributed by atoms with Crippen molar-refractivity contribution in [2.75, 3.05) is 0 Å². The first-order valence-corrected chi connectivity index (χ1v) is 16.0. The van der Waals surface area contributed by atoms with Gasteiger partial charge in [0.25, 0.3) is 0 Å². The molecule has 0 heterocycles. The van der Waals surface area contributed by atoms with Crippen molar-refractivity contribution in [1.29, 1.82) is 0 Å². The van der Waals surface area contributed by atoms with E-state index in [1.807, 2.05) is 0 Å². The van der Waals surface area contributed by atoms with Gasteiger partial charge in [0.1, 0.15) is 0 Å². The fourth-order valence-corrected chi connectivity index (χ4v) is 26.8. The van der Waals surface area contributed by atoms with Crippen LogP contribution in [0.4, 0.5) is 0 Å². The Balaban J connectivity index is 1.03. The summed E-state index contributed by atoms with van der Waals surface area (Å²) in [7, 11) is 0. The first-order valence-electron chi connectivity index (χ1n) is 16.0. The highest BCUT2D eigenvalue weighted by Crippen LogP contribution is 3.30. The summed E-state index contributed by atoms with van der Waals surface area (Å²) >= 11 is 0. The Morgan fingerprint density at radius 2 is 0.848 bits per heavy atom. The summed E-state index contributed by atoms with van der Waals surface area (Å²) in [5.74, 6) is 21.7. The molecule has 0 aromatic carbocycles. The second-order valence-corrected chi connectivity index (χ2v) is 19.5. The molecule has 17 rings (SSSR count). The van der Waals surface area contributed by atoms with Gasteiger partial charge in [0.2, 0.25) is 0 Å². The molecule has 17 saturated carbocycles. The van der Waals surface area contributed by atoms with Gasteiger partial charge in [-0.3, -0.25) is 0 Å². The van der Waals surface area contributed by atoms with E-state index < -0.39 is 0 Å². The fourth-order valence-electron chi connectivity index (χ4n) is 26.8. The van der Waals surface area contributed by atoms with Crippen LogP contribution in [-0.2, 0) is 0 Å². The maximum atomic E-state index is 3.06. The van der Waals surface area contributed by atoms with Crippen LogP contribution in [0, 0.1) is 149 Å². The lowest BCUT2D eigenvalue weighted by atomic mass is 8.79.